The third kappa shape index (κ3) is 6.14. The number of ether oxygens (including phenoxy) is 1. The van der Waals surface area contributed by atoms with Gasteiger partial charge in [-0.05, 0) is 42.3 Å². The van der Waals surface area contributed by atoms with Gasteiger partial charge in [0.05, 0.1) is 10.5 Å². The molecule has 0 aliphatic carbocycles. The molecule has 0 spiro atoms. The fourth-order valence-corrected chi connectivity index (χ4v) is 2.78. The van der Waals surface area contributed by atoms with E-state index in [-0.39, 0.29) is 10.5 Å². The molecule has 2 aromatic carbocycles. The molecule has 2 aromatic rings. The number of carbonyl (C=O) groups is 2. The fraction of sp³-hybridized carbons (Fsp3) is 0.176. The quantitative estimate of drug-likeness (QED) is 0.688. The summed E-state index contributed by atoms with van der Waals surface area (Å²) in [5, 5.41) is 8.03. The minimum atomic E-state index is -3.72. The Hall–Kier alpha value is -2.42. The van der Waals surface area contributed by atoms with Crippen molar-refractivity contribution >= 4 is 33.5 Å². The van der Waals surface area contributed by atoms with Crippen LogP contribution in [0, 0.1) is 0 Å². The zero-order valence-electron chi connectivity index (χ0n) is 13.6. The van der Waals surface area contributed by atoms with E-state index < -0.39 is 28.5 Å². The normalized spacial score (nSPS) is 11.0. The number of hydrogen-bond donors (Lipinski definition) is 2. The van der Waals surface area contributed by atoms with Gasteiger partial charge in [-0.2, -0.15) is 0 Å². The number of nitrogens with two attached hydrogens (primary N) is 1. The highest BCUT2D eigenvalue weighted by molar-refractivity contribution is 7.89. The first-order chi connectivity index (χ1) is 12.3. The van der Waals surface area contributed by atoms with Crippen LogP contribution < -0.4 is 10.5 Å². The molecule has 3 N–H and O–H groups in total. The molecule has 0 heterocycles. The number of carbonyl (C=O) groups excluding carboxylic acids is 2. The Morgan fingerprint density at radius 2 is 1.81 bits per heavy atom. The van der Waals surface area contributed by atoms with Crippen molar-refractivity contribution in [2.24, 2.45) is 5.14 Å². The second-order valence-corrected chi connectivity index (χ2v) is 7.37. The topological polar surface area (TPSA) is 116 Å². The largest absolute Gasteiger partial charge is 0.452 e. The first kappa shape index (κ1) is 19.9. The molecule has 0 aliphatic rings. The molecule has 0 aliphatic heterocycles. The molecule has 0 saturated carbocycles. The van der Waals surface area contributed by atoms with Crippen molar-refractivity contribution in [2.75, 3.05) is 13.2 Å². The van der Waals surface area contributed by atoms with Crippen LogP contribution in [0.15, 0.2) is 53.4 Å². The van der Waals surface area contributed by atoms with Crippen LogP contribution in [-0.4, -0.2) is 33.4 Å². The molecular weight excluding hydrogens is 380 g/mol. The maximum Gasteiger partial charge on any atom is 0.338 e. The van der Waals surface area contributed by atoms with Crippen molar-refractivity contribution in [3.8, 4) is 0 Å². The lowest BCUT2D eigenvalue weighted by molar-refractivity contribution is -0.124. The number of esters is 1. The minimum Gasteiger partial charge on any atom is -0.452 e. The predicted molar refractivity (Wildman–Crippen MR) is 96.3 cm³/mol. The molecule has 9 heteroatoms. The second kappa shape index (κ2) is 8.79. The Morgan fingerprint density at radius 3 is 2.42 bits per heavy atom. The van der Waals surface area contributed by atoms with Gasteiger partial charge >= 0.3 is 5.97 Å². The average Bonchev–Trinajstić information content (AvgIpc) is 2.59. The lowest BCUT2D eigenvalue weighted by atomic mass is 10.1. The van der Waals surface area contributed by atoms with Crippen LogP contribution in [0.3, 0.4) is 0 Å². The number of benzene rings is 2. The van der Waals surface area contributed by atoms with Gasteiger partial charge in [0.25, 0.3) is 5.91 Å². The van der Waals surface area contributed by atoms with Gasteiger partial charge in [-0.3, -0.25) is 4.79 Å². The summed E-state index contributed by atoms with van der Waals surface area (Å²) in [7, 11) is -3.72. The van der Waals surface area contributed by atoms with E-state index in [9.17, 15) is 18.0 Å². The highest BCUT2D eigenvalue weighted by Gasteiger charge is 2.10. The van der Waals surface area contributed by atoms with Crippen molar-refractivity contribution < 1.29 is 22.7 Å². The van der Waals surface area contributed by atoms with Gasteiger partial charge in [0.15, 0.2) is 6.61 Å². The van der Waals surface area contributed by atoms with Gasteiger partial charge < -0.3 is 10.1 Å². The zero-order chi connectivity index (χ0) is 19.2. The predicted octanol–water partition coefficient (Wildman–Crippen LogP) is 1.50. The Labute approximate surface area is 156 Å². The number of primary sulfonamides is 1. The van der Waals surface area contributed by atoms with Crippen LogP contribution in [0.4, 0.5) is 0 Å². The zero-order valence-corrected chi connectivity index (χ0v) is 15.2. The highest BCUT2D eigenvalue weighted by Crippen LogP contribution is 2.11. The molecule has 0 aromatic heterocycles. The Morgan fingerprint density at radius 1 is 1.12 bits per heavy atom. The molecule has 0 unspecified atom stereocenters. The lowest BCUT2D eigenvalue weighted by Crippen LogP contribution is -2.30. The van der Waals surface area contributed by atoms with Crippen LogP contribution >= 0.6 is 11.6 Å². The molecule has 138 valence electrons. The summed E-state index contributed by atoms with van der Waals surface area (Å²) in [6.07, 6.45) is 0.485. The molecule has 0 atom stereocenters. The standard InChI is InChI=1S/C17H17ClN2O5S/c18-14-3-1-2-13(10-14)17(22)25-11-16(21)20-9-8-12-4-6-15(7-5-12)26(19,23)24/h1-7,10H,8-9,11H2,(H,20,21)(H2,19,23,24). The van der Waals surface area contributed by atoms with Crippen LogP contribution in [0.2, 0.25) is 5.02 Å². The monoisotopic (exact) mass is 396 g/mol. The van der Waals surface area contributed by atoms with Crippen LogP contribution in [-0.2, 0) is 26.0 Å². The van der Waals surface area contributed by atoms with E-state index in [1.165, 1.54) is 24.3 Å². The number of sulfonamides is 1. The molecule has 7 nitrogen and oxygen atoms in total. The van der Waals surface area contributed by atoms with Gasteiger partial charge in [0.1, 0.15) is 0 Å². The molecule has 0 saturated heterocycles. The summed E-state index contributed by atoms with van der Waals surface area (Å²) in [5.74, 6) is -1.08. The number of nitrogens with one attached hydrogen (secondary N) is 1. The Balaban J connectivity index is 1.74. The van der Waals surface area contributed by atoms with Crippen molar-refractivity contribution in [3.05, 3.63) is 64.7 Å². The Bertz CT molecular complexity index is 898. The molecular formula is C17H17ClN2O5S. The van der Waals surface area contributed by atoms with E-state index in [2.05, 4.69) is 5.32 Å². The van der Waals surface area contributed by atoms with Crippen LogP contribution in [0.1, 0.15) is 15.9 Å². The molecule has 2 rings (SSSR count). The van der Waals surface area contributed by atoms with E-state index in [0.29, 0.717) is 18.0 Å². The summed E-state index contributed by atoms with van der Waals surface area (Å²) in [4.78, 5) is 23.5. The summed E-state index contributed by atoms with van der Waals surface area (Å²) in [6.45, 7) is -0.0992. The molecule has 0 fully saturated rings. The molecule has 0 radical (unpaired) electrons. The van der Waals surface area contributed by atoms with E-state index >= 15 is 0 Å². The maximum absolute atomic E-state index is 11.8. The van der Waals surface area contributed by atoms with E-state index in [1.54, 1.807) is 24.3 Å². The fourth-order valence-electron chi connectivity index (χ4n) is 2.07. The maximum atomic E-state index is 11.8. The van der Waals surface area contributed by atoms with Gasteiger partial charge in [-0.25, -0.2) is 18.4 Å². The van der Waals surface area contributed by atoms with Gasteiger partial charge in [-0.1, -0.05) is 29.8 Å². The van der Waals surface area contributed by atoms with Crippen LogP contribution in [0.25, 0.3) is 0 Å². The van der Waals surface area contributed by atoms with Gasteiger partial charge in [0.2, 0.25) is 10.0 Å². The summed E-state index contributed by atoms with van der Waals surface area (Å²) >= 11 is 5.79. The number of hydrogen-bond acceptors (Lipinski definition) is 5. The van der Waals surface area contributed by atoms with E-state index in [1.807, 2.05) is 0 Å². The third-order valence-electron chi connectivity index (χ3n) is 3.38. The van der Waals surface area contributed by atoms with E-state index in [0.717, 1.165) is 5.56 Å². The highest BCUT2D eigenvalue weighted by atomic mass is 35.5. The second-order valence-electron chi connectivity index (χ2n) is 5.38. The molecule has 0 bridgehead atoms. The van der Waals surface area contributed by atoms with Gasteiger partial charge in [0, 0.05) is 11.6 Å². The summed E-state index contributed by atoms with van der Waals surface area (Å²) < 4.78 is 27.2. The SMILES string of the molecule is NS(=O)(=O)c1ccc(CCNC(=O)COC(=O)c2cccc(Cl)c2)cc1. The first-order valence-corrected chi connectivity index (χ1v) is 9.49. The van der Waals surface area contributed by atoms with Crippen molar-refractivity contribution in [3.63, 3.8) is 0 Å². The van der Waals surface area contributed by atoms with Gasteiger partial charge in [-0.15, -0.1) is 0 Å². The average molecular weight is 397 g/mol. The third-order valence-corrected chi connectivity index (χ3v) is 4.55. The lowest BCUT2D eigenvalue weighted by Gasteiger charge is -2.07. The first-order valence-electron chi connectivity index (χ1n) is 7.57. The van der Waals surface area contributed by atoms with Crippen LogP contribution in [0.5, 0.6) is 0 Å². The summed E-state index contributed by atoms with van der Waals surface area (Å²) in [6, 6.07) is 12.3. The molecule has 1 amide bonds. The Kier molecular flexibility index (Phi) is 6.73. The van der Waals surface area contributed by atoms with E-state index in [4.69, 9.17) is 21.5 Å². The smallest absolute Gasteiger partial charge is 0.338 e. The van der Waals surface area contributed by atoms with Crippen molar-refractivity contribution in [1.82, 2.24) is 5.32 Å². The minimum absolute atomic E-state index is 0.0261. The summed E-state index contributed by atoms with van der Waals surface area (Å²) in [5.41, 5.74) is 1.09. The number of halogens is 1. The number of rotatable bonds is 7. The molecule has 26 heavy (non-hydrogen) atoms. The van der Waals surface area contributed by atoms with Crippen molar-refractivity contribution in [1.29, 1.82) is 0 Å². The van der Waals surface area contributed by atoms with Crippen molar-refractivity contribution in [2.45, 2.75) is 11.3 Å². The number of amides is 1.